The molecule has 2 rings (SSSR count). The van der Waals surface area contributed by atoms with Gasteiger partial charge >= 0.3 is 29.8 Å². The van der Waals surface area contributed by atoms with E-state index in [1.54, 1.807) is 20.8 Å². The molecule has 0 radical (unpaired) electrons. The summed E-state index contributed by atoms with van der Waals surface area (Å²) in [6.07, 6.45) is -3.82. The molecular formula is C66H109N17O26. The highest BCUT2D eigenvalue weighted by Crippen LogP contribution is 2.24. The molecule has 109 heavy (non-hydrogen) atoms. The van der Waals surface area contributed by atoms with Crippen LogP contribution in [0.3, 0.4) is 0 Å². The van der Waals surface area contributed by atoms with Crippen molar-refractivity contribution < 1.29 is 127 Å². The Kier molecular flexibility index (Phi) is 41.9. The van der Waals surface area contributed by atoms with Gasteiger partial charge in [0.25, 0.3) is 0 Å². The van der Waals surface area contributed by atoms with Gasteiger partial charge in [-0.25, -0.2) is 4.79 Å². The van der Waals surface area contributed by atoms with Crippen LogP contribution in [0.4, 0.5) is 0 Å². The van der Waals surface area contributed by atoms with Gasteiger partial charge in [-0.2, -0.15) is 0 Å². The van der Waals surface area contributed by atoms with E-state index in [4.69, 9.17) is 33.1 Å². The van der Waals surface area contributed by atoms with E-state index in [1.807, 2.05) is 5.32 Å². The van der Waals surface area contributed by atoms with Crippen molar-refractivity contribution in [3.8, 4) is 0 Å². The molecule has 2 fully saturated rings. The van der Waals surface area contributed by atoms with Gasteiger partial charge in [-0.05, 0) is 122 Å². The largest absolute Gasteiger partial charge is 0.481 e. The Hall–Kier alpha value is -10.3. The number of aliphatic hydroxyl groups is 2. The zero-order chi connectivity index (χ0) is 82.5. The molecule has 0 aliphatic carbocycles. The summed E-state index contributed by atoms with van der Waals surface area (Å²) < 4.78 is 0. The van der Waals surface area contributed by atoms with Crippen LogP contribution in [0, 0.1) is 11.8 Å². The molecule has 26 N–H and O–H groups in total. The van der Waals surface area contributed by atoms with E-state index in [0.717, 1.165) is 0 Å². The minimum absolute atomic E-state index is 0.0283. The van der Waals surface area contributed by atoms with Crippen molar-refractivity contribution in [2.75, 3.05) is 39.4 Å². The summed E-state index contributed by atoms with van der Waals surface area (Å²) in [7, 11) is 0. The predicted molar refractivity (Wildman–Crippen MR) is 378 cm³/mol. The number of carbonyl (C=O) groups is 19. The fourth-order valence-corrected chi connectivity index (χ4v) is 11.6. The highest BCUT2D eigenvalue weighted by Gasteiger charge is 2.44. The molecule has 614 valence electrons. The fourth-order valence-electron chi connectivity index (χ4n) is 11.6. The van der Waals surface area contributed by atoms with Gasteiger partial charge in [0.2, 0.25) is 82.7 Å². The standard InChI is InChI=1S/C66H109N17O26/c1-6-33(4)52(63(105)75-37(14-8-10-26-68)55(97)76-40(66(108)109)20-24-49(91)92)81-58(100)41(29-50(93)94)77-57(99)39(19-23-48(89)90)73-59(101)42(30-84)79-60(102)43(31-85)78-56(98)36(13-7-9-25-67)72-53(95)34(5)71-54(96)38(18-21-46(70)86)74-61(103)44-15-12-28-83(44)65(107)51(32(2)3)80-62(104)45-16-11-27-82(45)64(106)35(69)17-22-47(87)88/h32-45,51-52,84-85H,6-31,67-69H2,1-5H3,(H2,70,86)(H,71,96)(H,72,95)(H,73,101)(H,74,103)(H,75,105)(H,76,97)(H,77,99)(H,78,98)(H,79,102)(H,80,104)(H,81,100)(H,87,88)(H,89,90)(H,91,92)(H,93,94)(H,108,109)/t33-,34-,35-,36-,37-,38-,39-,40-,41-,42-,43-,44-,45-,51-,52-/m0/s1. The lowest BCUT2D eigenvalue weighted by atomic mass is 9.96. The molecule has 43 nitrogen and oxygen atoms in total. The minimum atomic E-state index is -2.11. The number of likely N-dealkylation sites (tertiary alicyclic amines) is 2. The number of nitrogens with two attached hydrogens (primary N) is 4. The molecule has 0 saturated carbocycles. The predicted octanol–water partition coefficient (Wildman–Crippen LogP) is -7.99. The lowest BCUT2D eigenvalue weighted by molar-refractivity contribution is -0.145. The molecule has 2 saturated heterocycles. The molecule has 0 spiro atoms. The Labute approximate surface area is 627 Å². The molecule has 43 heteroatoms. The van der Waals surface area contributed by atoms with Gasteiger partial charge in [-0.1, -0.05) is 34.1 Å². The summed E-state index contributed by atoms with van der Waals surface area (Å²) >= 11 is 0. The zero-order valence-electron chi connectivity index (χ0n) is 61.7. The normalized spacial score (nSPS) is 17.5. The van der Waals surface area contributed by atoms with Crippen LogP contribution < -0.4 is 81.4 Å². The first kappa shape index (κ1) is 94.8. The average molecular weight is 1560 g/mol. The smallest absolute Gasteiger partial charge is 0.326 e. The van der Waals surface area contributed by atoms with Crippen molar-refractivity contribution in [3.63, 3.8) is 0 Å². The number of carbonyl (C=O) groups excluding carboxylic acids is 14. The molecule has 2 aliphatic heterocycles. The number of amides is 14. The lowest BCUT2D eigenvalue weighted by Crippen LogP contribution is -2.62. The van der Waals surface area contributed by atoms with Crippen LogP contribution in [0.5, 0.6) is 0 Å². The van der Waals surface area contributed by atoms with Gasteiger partial charge in [-0.3, -0.25) is 86.3 Å². The number of carboxylic acids is 5. The van der Waals surface area contributed by atoms with Crippen LogP contribution >= 0.6 is 0 Å². The summed E-state index contributed by atoms with van der Waals surface area (Å²) in [5.74, 6) is -23.4. The van der Waals surface area contributed by atoms with Crippen molar-refractivity contribution in [2.45, 2.75) is 248 Å². The minimum Gasteiger partial charge on any atom is -0.481 e. The second-order valence-corrected chi connectivity index (χ2v) is 27.0. The number of nitrogens with one attached hydrogen (secondary N) is 11. The SMILES string of the molecule is CC[C@H](C)[C@H](NC(=O)[C@H](CC(=O)O)NC(=O)[C@H](CCC(=O)O)NC(=O)[C@H](CO)NC(=O)[C@H](CO)NC(=O)[C@H](CCCCN)NC(=O)[C@H](C)NC(=O)[C@H](CCC(N)=O)NC(=O)[C@@H]1CCCN1C(=O)[C@@H](NC(=O)[C@@H]1CCCN1C(=O)[C@@H](N)CCC(=O)O)C(C)C)C(=O)N[C@@H](CCCCN)C(=O)N[C@@H](CCC(=O)O)C(=O)O. The van der Waals surface area contributed by atoms with E-state index < -0.39 is 267 Å². The number of hydrogen-bond acceptors (Lipinski definition) is 24. The van der Waals surface area contributed by atoms with Crippen molar-refractivity contribution in [3.05, 3.63) is 0 Å². The second kappa shape index (κ2) is 48.2. The summed E-state index contributed by atoms with van der Waals surface area (Å²) in [4.78, 5) is 253. The molecule has 0 aromatic rings. The van der Waals surface area contributed by atoms with Crippen molar-refractivity contribution in [1.29, 1.82) is 0 Å². The highest BCUT2D eigenvalue weighted by molar-refractivity contribution is 6.01. The maximum atomic E-state index is 14.3. The molecule has 0 bridgehead atoms. The summed E-state index contributed by atoms with van der Waals surface area (Å²) in [6, 6.07) is -22.5. The number of carboxylic acid groups (broad SMARTS) is 5. The number of nitrogens with zero attached hydrogens (tertiary/aromatic N) is 2. The summed E-state index contributed by atoms with van der Waals surface area (Å²) in [5, 5.41) is 93.4. The maximum absolute atomic E-state index is 14.3. The first-order chi connectivity index (χ1) is 51.3. The second-order valence-electron chi connectivity index (χ2n) is 27.0. The lowest BCUT2D eigenvalue weighted by Gasteiger charge is -2.33. The third-order valence-electron chi connectivity index (χ3n) is 18.1. The van der Waals surface area contributed by atoms with Crippen LogP contribution in [0.1, 0.15) is 163 Å². The topological polar surface area (TPSA) is 709 Å². The number of hydrogen-bond donors (Lipinski definition) is 22. The molecule has 2 heterocycles. The number of aliphatic hydroxyl groups excluding tert-OH is 2. The van der Waals surface area contributed by atoms with Gasteiger partial charge in [0.1, 0.15) is 78.5 Å². The van der Waals surface area contributed by atoms with Gasteiger partial charge < -0.3 is 127 Å². The molecule has 0 aromatic carbocycles. The Morgan fingerprint density at radius 3 is 1.22 bits per heavy atom. The molecule has 0 unspecified atom stereocenters. The van der Waals surface area contributed by atoms with E-state index in [1.165, 1.54) is 23.6 Å². The van der Waals surface area contributed by atoms with Gasteiger partial charge in [0, 0.05) is 38.8 Å². The Morgan fingerprint density at radius 2 is 0.780 bits per heavy atom. The zero-order valence-corrected chi connectivity index (χ0v) is 61.7. The number of rotatable bonds is 52. The van der Waals surface area contributed by atoms with E-state index in [9.17, 15) is 117 Å². The molecule has 15 atom stereocenters. The van der Waals surface area contributed by atoms with E-state index in [2.05, 4.69) is 53.2 Å². The Bertz CT molecular complexity index is 3220. The number of primary amides is 1. The highest BCUT2D eigenvalue weighted by atomic mass is 16.4. The third kappa shape index (κ3) is 32.6. The van der Waals surface area contributed by atoms with E-state index in [0.29, 0.717) is 19.3 Å². The molecule has 2 aliphatic rings. The van der Waals surface area contributed by atoms with Crippen molar-refractivity contribution in [2.24, 2.45) is 34.8 Å². The maximum Gasteiger partial charge on any atom is 0.326 e. The summed E-state index contributed by atoms with van der Waals surface area (Å²) in [5.41, 5.74) is 22.7. The van der Waals surface area contributed by atoms with Crippen LogP contribution in [0.25, 0.3) is 0 Å². The first-order valence-electron chi connectivity index (χ1n) is 36.0. The fraction of sp³-hybridized carbons (Fsp3) is 0.712. The van der Waals surface area contributed by atoms with Crippen LogP contribution in [-0.2, 0) is 91.1 Å². The third-order valence-corrected chi connectivity index (χ3v) is 18.1. The van der Waals surface area contributed by atoms with E-state index in [-0.39, 0.29) is 90.4 Å². The van der Waals surface area contributed by atoms with E-state index >= 15 is 0 Å². The van der Waals surface area contributed by atoms with Crippen molar-refractivity contribution in [1.82, 2.24) is 68.3 Å². The van der Waals surface area contributed by atoms with Crippen LogP contribution in [0.15, 0.2) is 0 Å². The number of unbranched alkanes of at least 4 members (excludes halogenated alkanes) is 2. The first-order valence-corrected chi connectivity index (χ1v) is 36.0. The molecular weight excluding hydrogens is 1450 g/mol. The van der Waals surface area contributed by atoms with Gasteiger partial charge in [0.05, 0.1) is 25.7 Å². The monoisotopic (exact) mass is 1560 g/mol. The molecule has 14 amide bonds. The molecule has 0 aromatic heterocycles. The average Bonchev–Trinajstić information content (AvgIpc) is 1.73. The van der Waals surface area contributed by atoms with Gasteiger partial charge in [0.15, 0.2) is 0 Å². The van der Waals surface area contributed by atoms with Gasteiger partial charge in [-0.15, -0.1) is 0 Å². The Balaban J connectivity index is 2.32. The summed E-state index contributed by atoms with van der Waals surface area (Å²) in [6.45, 7) is 5.40. The van der Waals surface area contributed by atoms with Crippen LogP contribution in [-0.4, -0.2) is 282 Å². The quantitative estimate of drug-likeness (QED) is 0.0252. The Morgan fingerprint density at radius 1 is 0.404 bits per heavy atom. The van der Waals surface area contributed by atoms with Crippen LogP contribution in [0.2, 0.25) is 0 Å². The van der Waals surface area contributed by atoms with Crippen molar-refractivity contribution >= 4 is 113 Å². The number of aliphatic carboxylic acids is 5.